The highest BCUT2D eigenvalue weighted by atomic mass is 35.5. The Morgan fingerprint density at radius 2 is 2.25 bits per heavy atom. The third-order valence-electron chi connectivity index (χ3n) is 2.84. The molecule has 2 unspecified atom stereocenters. The molecule has 0 radical (unpaired) electrons. The maximum atomic E-state index is 10.1. The molecule has 16 heavy (non-hydrogen) atoms. The van der Waals surface area contributed by atoms with Gasteiger partial charge in [0.25, 0.3) is 0 Å². The first kappa shape index (κ1) is 12.6. The number of aliphatic hydroxyl groups is 1. The van der Waals surface area contributed by atoms with Gasteiger partial charge in [0.2, 0.25) is 0 Å². The molecule has 1 aromatic rings. The van der Waals surface area contributed by atoms with E-state index in [1.54, 1.807) is 6.07 Å². The van der Waals surface area contributed by atoms with Crippen LogP contribution in [0.3, 0.4) is 0 Å². The zero-order chi connectivity index (χ0) is 11.5. The normalized spacial score (nSPS) is 22.3. The molecule has 0 amide bonds. The average molecular weight is 277 g/mol. The second-order valence-corrected chi connectivity index (χ2v) is 6.25. The van der Waals surface area contributed by atoms with Crippen LogP contribution >= 0.6 is 35.0 Å². The molecule has 0 aromatic heterocycles. The number of benzene rings is 1. The number of rotatable bonds is 3. The van der Waals surface area contributed by atoms with Gasteiger partial charge in [-0.05, 0) is 36.3 Å². The molecule has 0 spiro atoms. The summed E-state index contributed by atoms with van der Waals surface area (Å²) >= 11 is 13.8. The minimum atomic E-state index is -0.300. The van der Waals surface area contributed by atoms with Crippen LogP contribution < -0.4 is 0 Å². The SMILES string of the molecule is OC(Cc1ccc(Cl)cc1Cl)C1CCCS1. The van der Waals surface area contributed by atoms with Gasteiger partial charge >= 0.3 is 0 Å². The van der Waals surface area contributed by atoms with Crippen molar-refractivity contribution in [2.24, 2.45) is 0 Å². The van der Waals surface area contributed by atoms with Crippen LogP contribution in [0.1, 0.15) is 18.4 Å². The van der Waals surface area contributed by atoms with Gasteiger partial charge in [0.05, 0.1) is 6.10 Å². The van der Waals surface area contributed by atoms with Crippen molar-refractivity contribution in [1.29, 1.82) is 0 Å². The van der Waals surface area contributed by atoms with E-state index in [9.17, 15) is 5.11 Å². The predicted octanol–water partition coefficient (Wildman–Crippen LogP) is 3.79. The summed E-state index contributed by atoms with van der Waals surface area (Å²) in [5.74, 6) is 1.16. The third-order valence-corrected chi connectivity index (χ3v) is 4.93. The molecule has 1 saturated heterocycles. The van der Waals surface area contributed by atoms with Crippen molar-refractivity contribution < 1.29 is 5.11 Å². The van der Waals surface area contributed by atoms with E-state index in [4.69, 9.17) is 23.2 Å². The molecule has 2 atom stereocenters. The maximum absolute atomic E-state index is 10.1. The summed E-state index contributed by atoms with van der Waals surface area (Å²) in [7, 11) is 0. The molecule has 1 N–H and O–H groups in total. The van der Waals surface area contributed by atoms with E-state index in [1.165, 1.54) is 6.42 Å². The van der Waals surface area contributed by atoms with Crippen molar-refractivity contribution >= 4 is 35.0 Å². The summed E-state index contributed by atoms with van der Waals surface area (Å²) in [6, 6.07) is 5.44. The molecule has 2 rings (SSSR count). The number of hydrogen-bond acceptors (Lipinski definition) is 2. The van der Waals surface area contributed by atoms with Crippen molar-refractivity contribution in [3.63, 3.8) is 0 Å². The smallest absolute Gasteiger partial charge is 0.0699 e. The molecular formula is C12H14Cl2OS. The second-order valence-electron chi connectivity index (χ2n) is 4.06. The molecule has 1 aromatic carbocycles. The Bertz CT molecular complexity index is 364. The lowest BCUT2D eigenvalue weighted by Gasteiger charge is -2.17. The molecule has 1 nitrogen and oxygen atoms in total. The fourth-order valence-electron chi connectivity index (χ4n) is 1.95. The monoisotopic (exact) mass is 276 g/mol. The lowest BCUT2D eigenvalue weighted by molar-refractivity contribution is 0.170. The van der Waals surface area contributed by atoms with Gasteiger partial charge in [0, 0.05) is 21.7 Å². The first-order valence-corrected chi connectivity index (χ1v) is 7.21. The van der Waals surface area contributed by atoms with Crippen molar-refractivity contribution in [3.8, 4) is 0 Å². The topological polar surface area (TPSA) is 20.2 Å². The summed E-state index contributed by atoms with van der Waals surface area (Å²) < 4.78 is 0. The first-order chi connectivity index (χ1) is 7.66. The minimum Gasteiger partial charge on any atom is -0.392 e. The molecular weight excluding hydrogens is 263 g/mol. The molecule has 0 saturated carbocycles. The summed E-state index contributed by atoms with van der Waals surface area (Å²) in [4.78, 5) is 0. The van der Waals surface area contributed by atoms with Gasteiger partial charge in [0.15, 0.2) is 0 Å². The van der Waals surface area contributed by atoms with Crippen LogP contribution in [-0.2, 0) is 6.42 Å². The molecule has 1 aliphatic heterocycles. The Balaban J connectivity index is 2.02. The summed E-state index contributed by atoms with van der Waals surface area (Å²) in [5, 5.41) is 11.7. The molecule has 88 valence electrons. The number of hydrogen-bond donors (Lipinski definition) is 1. The molecule has 4 heteroatoms. The summed E-state index contributed by atoms with van der Waals surface area (Å²) in [6.45, 7) is 0. The Hall–Kier alpha value is 0.110. The lowest BCUT2D eigenvalue weighted by Crippen LogP contribution is -2.23. The van der Waals surface area contributed by atoms with Gasteiger partial charge in [-0.3, -0.25) is 0 Å². The predicted molar refractivity (Wildman–Crippen MR) is 71.7 cm³/mol. The first-order valence-electron chi connectivity index (χ1n) is 5.40. The number of thioether (sulfide) groups is 1. The van der Waals surface area contributed by atoms with Gasteiger partial charge in [0.1, 0.15) is 0 Å². The number of halogens is 2. The van der Waals surface area contributed by atoms with Gasteiger partial charge < -0.3 is 5.11 Å². The van der Waals surface area contributed by atoms with Crippen LogP contribution in [-0.4, -0.2) is 22.2 Å². The van der Waals surface area contributed by atoms with Crippen molar-refractivity contribution in [3.05, 3.63) is 33.8 Å². The molecule has 1 heterocycles. The fraction of sp³-hybridized carbons (Fsp3) is 0.500. The van der Waals surface area contributed by atoms with E-state index >= 15 is 0 Å². The van der Waals surface area contributed by atoms with Crippen LogP contribution in [0.2, 0.25) is 10.0 Å². The standard InChI is InChI=1S/C12H14Cl2OS/c13-9-4-3-8(10(14)7-9)6-11(15)12-2-1-5-16-12/h3-4,7,11-12,15H,1-2,5-6H2. The number of aliphatic hydroxyl groups excluding tert-OH is 1. The third kappa shape index (κ3) is 3.07. The van der Waals surface area contributed by atoms with Crippen LogP contribution in [0.4, 0.5) is 0 Å². The van der Waals surface area contributed by atoms with Crippen LogP contribution in [0.15, 0.2) is 18.2 Å². The highest BCUT2D eigenvalue weighted by Gasteiger charge is 2.24. The van der Waals surface area contributed by atoms with Crippen LogP contribution in [0.25, 0.3) is 0 Å². The maximum Gasteiger partial charge on any atom is 0.0699 e. The summed E-state index contributed by atoms with van der Waals surface area (Å²) in [5.41, 5.74) is 0.978. The van der Waals surface area contributed by atoms with E-state index < -0.39 is 0 Å². The van der Waals surface area contributed by atoms with E-state index in [0.29, 0.717) is 21.7 Å². The average Bonchev–Trinajstić information content (AvgIpc) is 2.75. The van der Waals surface area contributed by atoms with Crippen LogP contribution in [0.5, 0.6) is 0 Å². The molecule has 1 aliphatic rings. The van der Waals surface area contributed by atoms with Crippen molar-refractivity contribution in [2.75, 3.05) is 5.75 Å². The highest BCUT2D eigenvalue weighted by molar-refractivity contribution is 8.00. The molecule has 1 fully saturated rings. The minimum absolute atomic E-state index is 0.300. The van der Waals surface area contributed by atoms with Crippen LogP contribution in [0, 0.1) is 0 Å². The van der Waals surface area contributed by atoms with Gasteiger partial charge in [-0.1, -0.05) is 29.3 Å². The van der Waals surface area contributed by atoms with Gasteiger partial charge in [-0.15, -0.1) is 0 Å². The van der Waals surface area contributed by atoms with E-state index in [2.05, 4.69) is 0 Å². The van der Waals surface area contributed by atoms with Crippen molar-refractivity contribution in [1.82, 2.24) is 0 Å². The fourth-order valence-corrected chi connectivity index (χ4v) is 3.72. The lowest BCUT2D eigenvalue weighted by atomic mass is 10.0. The largest absolute Gasteiger partial charge is 0.392 e. The Morgan fingerprint density at radius 3 is 2.88 bits per heavy atom. The quantitative estimate of drug-likeness (QED) is 0.907. The zero-order valence-electron chi connectivity index (χ0n) is 8.83. The van der Waals surface area contributed by atoms with Gasteiger partial charge in [-0.2, -0.15) is 11.8 Å². The molecule has 0 aliphatic carbocycles. The Kier molecular flexibility index (Phi) is 4.42. The van der Waals surface area contributed by atoms with E-state index in [1.807, 2.05) is 23.9 Å². The zero-order valence-corrected chi connectivity index (χ0v) is 11.2. The van der Waals surface area contributed by atoms with E-state index in [0.717, 1.165) is 17.7 Å². The Morgan fingerprint density at radius 1 is 1.44 bits per heavy atom. The molecule has 0 bridgehead atoms. The Labute approximate surface area is 110 Å². The second kappa shape index (κ2) is 5.63. The van der Waals surface area contributed by atoms with Gasteiger partial charge in [-0.25, -0.2) is 0 Å². The highest BCUT2D eigenvalue weighted by Crippen LogP contribution is 2.31. The summed E-state index contributed by atoms with van der Waals surface area (Å²) in [6.07, 6.45) is 2.64. The van der Waals surface area contributed by atoms with Crippen molar-refractivity contribution in [2.45, 2.75) is 30.6 Å². The van der Waals surface area contributed by atoms with E-state index in [-0.39, 0.29) is 6.10 Å².